The Hall–Kier alpha value is -2.18. The van der Waals surface area contributed by atoms with Gasteiger partial charge in [0.2, 0.25) is 0 Å². The fourth-order valence-electron chi connectivity index (χ4n) is 1.48. The molecule has 2 heterocycles. The number of aromatic nitrogens is 2. The molecule has 0 aliphatic heterocycles. The number of pyridine rings is 2. The number of carbonyl (C=O) groups excluding carboxylic acids is 1. The van der Waals surface area contributed by atoms with Gasteiger partial charge in [-0.2, -0.15) is 0 Å². The summed E-state index contributed by atoms with van der Waals surface area (Å²) in [6.45, 7) is 1.86. The van der Waals surface area contributed by atoms with E-state index in [1.54, 1.807) is 18.5 Å². The topological polar surface area (TPSA) is 92.9 Å². The Bertz CT molecular complexity index is 617. The number of nitrogens with two attached hydrogens (primary N) is 1. The van der Waals surface area contributed by atoms with E-state index in [1.165, 1.54) is 12.3 Å². The summed E-state index contributed by atoms with van der Waals surface area (Å²) in [5.41, 5.74) is 4.25. The van der Waals surface area contributed by atoms with Crippen LogP contribution in [-0.4, -0.2) is 15.9 Å². The van der Waals surface area contributed by atoms with Gasteiger partial charge in [0.05, 0.1) is 10.6 Å². The molecule has 0 saturated carbocycles. The molecule has 1 amide bonds. The molecule has 98 valence electrons. The molecule has 0 aromatic carbocycles. The van der Waals surface area contributed by atoms with E-state index in [4.69, 9.17) is 17.4 Å². The first kappa shape index (κ1) is 13.3. The van der Waals surface area contributed by atoms with Crippen LogP contribution in [0.2, 0.25) is 5.02 Å². The lowest BCUT2D eigenvalue weighted by Gasteiger charge is -2.08. The van der Waals surface area contributed by atoms with Crippen molar-refractivity contribution in [1.29, 1.82) is 0 Å². The first-order valence-corrected chi connectivity index (χ1v) is 5.83. The van der Waals surface area contributed by atoms with E-state index in [0.717, 1.165) is 5.56 Å². The first-order valence-electron chi connectivity index (χ1n) is 5.46. The summed E-state index contributed by atoms with van der Waals surface area (Å²) in [6.07, 6.45) is 4.67. The number of hydrazine groups is 1. The van der Waals surface area contributed by atoms with Crippen molar-refractivity contribution in [3.8, 4) is 0 Å². The van der Waals surface area contributed by atoms with E-state index in [-0.39, 0.29) is 10.9 Å². The lowest BCUT2D eigenvalue weighted by molar-refractivity contribution is 0.102. The lowest BCUT2D eigenvalue weighted by Crippen LogP contribution is -2.15. The van der Waals surface area contributed by atoms with E-state index in [2.05, 4.69) is 20.7 Å². The minimum Gasteiger partial charge on any atom is -0.322 e. The normalized spacial score (nSPS) is 10.1. The Balaban J connectivity index is 2.21. The summed E-state index contributed by atoms with van der Waals surface area (Å²) in [5, 5.41) is 3.04. The molecule has 0 bridgehead atoms. The second-order valence-corrected chi connectivity index (χ2v) is 4.25. The summed E-state index contributed by atoms with van der Waals surface area (Å²) >= 11 is 5.91. The number of hydrogen-bond donors (Lipinski definition) is 3. The van der Waals surface area contributed by atoms with Gasteiger partial charge in [-0.05, 0) is 24.6 Å². The monoisotopic (exact) mass is 277 g/mol. The Labute approximate surface area is 115 Å². The third-order valence-electron chi connectivity index (χ3n) is 2.51. The highest BCUT2D eigenvalue weighted by atomic mass is 35.5. The molecule has 0 spiro atoms. The van der Waals surface area contributed by atoms with Crippen molar-refractivity contribution in [3.05, 3.63) is 46.9 Å². The molecule has 19 heavy (non-hydrogen) atoms. The van der Waals surface area contributed by atoms with E-state index in [0.29, 0.717) is 17.1 Å². The molecule has 0 aliphatic rings. The number of carbonyl (C=O) groups is 1. The number of nitrogens with zero attached hydrogens (tertiary/aromatic N) is 2. The van der Waals surface area contributed by atoms with Crippen molar-refractivity contribution in [2.24, 2.45) is 5.84 Å². The summed E-state index contributed by atoms with van der Waals surface area (Å²) in [7, 11) is 0. The molecule has 0 fully saturated rings. The van der Waals surface area contributed by atoms with Gasteiger partial charge in [0.1, 0.15) is 0 Å². The smallest absolute Gasteiger partial charge is 0.257 e. The summed E-state index contributed by atoms with van der Waals surface area (Å²) < 4.78 is 0. The molecular formula is C12H12ClN5O. The quantitative estimate of drug-likeness (QED) is 0.589. The maximum atomic E-state index is 12.0. The molecule has 2 aromatic rings. The number of nitrogens with one attached hydrogen (secondary N) is 2. The van der Waals surface area contributed by atoms with Gasteiger partial charge < -0.3 is 10.7 Å². The molecule has 0 aliphatic carbocycles. The van der Waals surface area contributed by atoms with Crippen LogP contribution in [0.3, 0.4) is 0 Å². The Morgan fingerprint density at radius 1 is 1.42 bits per heavy atom. The molecule has 0 saturated heterocycles. The molecule has 2 rings (SSSR count). The number of hydrogen-bond acceptors (Lipinski definition) is 5. The molecule has 6 nitrogen and oxygen atoms in total. The zero-order valence-corrected chi connectivity index (χ0v) is 10.9. The van der Waals surface area contributed by atoms with Crippen molar-refractivity contribution in [2.75, 3.05) is 10.7 Å². The van der Waals surface area contributed by atoms with Crippen molar-refractivity contribution in [1.82, 2.24) is 9.97 Å². The van der Waals surface area contributed by atoms with Gasteiger partial charge in [-0.3, -0.25) is 9.78 Å². The number of nitrogen functional groups attached to an aromatic ring is 1. The van der Waals surface area contributed by atoms with E-state index >= 15 is 0 Å². The summed E-state index contributed by atoms with van der Waals surface area (Å²) in [5.74, 6) is 5.23. The third-order valence-corrected chi connectivity index (χ3v) is 2.80. The maximum absolute atomic E-state index is 12.0. The van der Waals surface area contributed by atoms with Crippen LogP contribution in [0.25, 0.3) is 0 Å². The first-order chi connectivity index (χ1) is 9.11. The molecule has 0 unspecified atom stereocenters. The molecular weight excluding hydrogens is 266 g/mol. The van der Waals surface area contributed by atoms with Crippen LogP contribution in [0.5, 0.6) is 0 Å². The van der Waals surface area contributed by atoms with Gasteiger partial charge in [0, 0.05) is 24.3 Å². The minimum atomic E-state index is -0.299. The van der Waals surface area contributed by atoms with Gasteiger partial charge in [0.15, 0.2) is 5.82 Å². The number of rotatable bonds is 3. The second kappa shape index (κ2) is 5.64. The zero-order valence-electron chi connectivity index (χ0n) is 10.1. The van der Waals surface area contributed by atoms with Crippen LogP contribution in [0, 0.1) is 6.92 Å². The Morgan fingerprint density at radius 3 is 2.84 bits per heavy atom. The van der Waals surface area contributed by atoms with Crippen LogP contribution >= 0.6 is 11.6 Å². The fraction of sp³-hybridized carbons (Fsp3) is 0.0833. The Kier molecular flexibility index (Phi) is 3.94. The van der Waals surface area contributed by atoms with Gasteiger partial charge >= 0.3 is 0 Å². The average Bonchev–Trinajstić information content (AvgIpc) is 2.41. The molecule has 7 heteroatoms. The predicted molar refractivity (Wildman–Crippen MR) is 74.0 cm³/mol. The second-order valence-electron chi connectivity index (χ2n) is 3.84. The number of anilines is 2. The predicted octanol–water partition coefficient (Wildman–Crippen LogP) is 1.98. The van der Waals surface area contributed by atoms with Crippen LogP contribution in [0.15, 0.2) is 30.7 Å². The molecule has 2 aromatic heterocycles. The zero-order chi connectivity index (χ0) is 13.8. The number of amides is 1. The SMILES string of the molecule is Cc1cnccc1NC(=O)c1cnc(NN)c(Cl)c1. The fourth-order valence-corrected chi connectivity index (χ4v) is 1.70. The van der Waals surface area contributed by atoms with Crippen molar-refractivity contribution >= 4 is 29.0 Å². The van der Waals surface area contributed by atoms with Crippen LogP contribution in [-0.2, 0) is 0 Å². The van der Waals surface area contributed by atoms with Crippen LogP contribution in [0.1, 0.15) is 15.9 Å². The largest absolute Gasteiger partial charge is 0.322 e. The number of halogens is 1. The van der Waals surface area contributed by atoms with Crippen LogP contribution < -0.4 is 16.6 Å². The van der Waals surface area contributed by atoms with Crippen molar-refractivity contribution in [3.63, 3.8) is 0 Å². The highest BCUT2D eigenvalue weighted by molar-refractivity contribution is 6.33. The Morgan fingerprint density at radius 2 is 2.21 bits per heavy atom. The third kappa shape index (κ3) is 2.98. The lowest BCUT2D eigenvalue weighted by atomic mass is 10.2. The maximum Gasteiger partial charge on any atom is 0.257 e. The van der Waals surface area contributed by atoms with Crippen molar-refractivity contribution in [2.45, 2.75) is 6.92 Å². The van der Waals surface area contributed by atoms with E-state index in [1.807, 2.05) is 6.92 Å². The molecule has 4 N–H and O–H groups in total. The molecule has 0 atom stereocenters. The van der Waals surface area contributed by atoms with Gasteiger partial charge in [-0.15, -0.1) is 0 Å². The average molecular weight is 278 g/mol. The summed E-state index contributed by atoms with van der Waals surface area (Å²) in [6, 6.07) is 3.22. The number of aryl methyl sites for hydroxylation is 1. The van der Waals surface area contributed by atoms with Crippen molar-refractivity contribution < 1.29 is 4.79 Å². The van der Waals surface area contributed by atoms with E-state index in [9.17, 15) is 4.79 Å². The highest BCUT2D eigenvalue weighted by Crippen LogP contribution is 2.20. The van der Waals surface area contributed by atoms with Gasteiger partial charge in [-0.25, -0.2) is 10.8 Å². The van der Waals surface area contributed by atoms with Gasteiger partial charge in [0.25, 0.3) is 5.91 Å². The summed E-state index contributed by atoms with van der Waals surface area (Å²) in [4.78, 5) is 19.9. The van der Waals surface area contributed by atoms with Gasteiger partial charge in [-0.1, -0.05) is 11.6 Å². The minimum absolute atomic E-state index is 0.279. The van der Waals surface area contributed by atoms with Crippen LogP contribution in [0.4, 0.5) is 11.5 Å². The standard InChI is InChI=1S/C12H12ClN5O/c1-7-5-15-3-2-10(7)17-12(19)8-4-9(13)11(18-14)16-6-8/h2-6H,14H2,1H3,(H,16,18)(H,15,17,19). The molecule has 0 radical (unpaired) electrons. The van der Waals surface area contributed by atoms with E-state index < -0.39 is 0 Å². The highest BCUT2D eigenvalue weighted by Gasteiger charge is 2.10.